The Morgan fingerprint density at radius 3 is 2.47 bits per heavy atom. The van der Waals surface area contributed by atoms with E-state index < -0.39 is 0 Å². The monoisotopic (exact) mass is 328 g/mol. The maximum absolute atomic E-state index is 5.81. The Labute approximate surface area is 123 Å². The molecule has 2 rings (SSSR count). The summed E-state index contributed by atoms with van der Waals surface area (Å²) in [5.41, 5.74) is 6.96. The second kappa shape index (κ2) is 6.11. The van der Waals surface area contributed by atoms with Crippen molar-refractivity contribution in [3.63, 3.8) is 0 Å². The highest BCUT2D eigenvalue weighted by molar-refractivity contribution is 9.10. The molecule has 0 spiro atoms. The Balaban J connectivity index is 2.42. The van der Waals surface area contributed by atoms with Crippen LogP contribution in [-0.4, -0.2) is 39.3 Å². The van der Waals surface area contributed by atoms with Gasteiger partial charge in [0.25, 0.3) is 0 Å². The van der Waals surface area contributed by atoms with E-state index in [1.807, 2.05) is 12.1 Å². The summed E-state index contributed by atoms with van der Waals surface area (Å²) < 4.78 is 11.9. The number of nitrogens with zero attached hydrogens (tertiary/aromatic N) is 1. The number of likely N-dealkylation sites (tertiary alicyclic amines) is 1. The summed E-state index contributed by atoms with van der Waals surface area (Å²) in [6, 6.07) is 4.19. The zero-order valence-electron chi connectivity index (χ0n) is 11.6. The van der Waals surface area contributed by atoms with Crippen LogP contribution in [0.2, 0.25) is 0 Å². The van der Waals surface area contributed by atoms with Gasteiger partial charge in [-0.05, 0) is 54.0 Å². The lowest BCUT2D eigenvalue weighted by molar-refractivity contribution is 0.300. The first-order valence-corrected chi connectivity index (χ1v) is 7.22. The minimum Gasteiger partial charge on any atom is -0.496 e. The zero-order valence-corrected chi connectivity index (χ0v) is 13.2. The fraction of sp³-hybridized carbons (Fsp3) is 0.571. The van der Waals surface area contributed by atoms with Crippen molar-refractivity contribution in [3.05, 3.63) is 22.2 Å². The van der Waals surface area contributed by atoms with Gasteiger partial charge < -0.3 is 15.2 Å². The molecule has 2 atom stereocenters. The van der Waals surface area contributed by atoms with Crippen molar-refractivity contribution < 1.29 is 9.47 Å². The lowest BCUT2D eigenvalue weighted by Crippen LogP contribution is -2.21. The number of methoxy groups -OCH3 is 2. The first kappa shape index (κ1) is 14.6. The van der Waals surface area contributed by atoms with E-state index in [9.17, 15) is 0 Å². The maximum Gasteiger partial charge on any atom is 0.133 e. The van der Waals surface area contributed by atoms with E-state index in [4.69, 9.17) is 15.2 Å². The van der Waals surface area contributed by atoms with Crippen LogP contribution in [0.25, 0.3) is 0 Å². The lowest BCUT2D eigenvalue weighted by atomic mass is 9.99. The molecule has 0 saturated carbocycles. The third-order valence-electron chi connectivity index (χ3n) is 3.85. The number of nitrogens with two attached hydrogens (primary N) is 1. The maximum atomic E-state index is 5.81. The van der Waals surface area contributed by atoms with Gasteiger partial charge in [0.2, 0.25) is 0 Å². The summed E-state index contributed by atoms with van der Waals surface area (Å²) in [5.74, 6) is 2.26. The molecule has 106 valence electrons. The van der Waals surface area contributed by atoms with Crippen molar-refractivity contribution in [2.45, 2.75) is 12.5 Å². The van der Waals surface area contributed by atoms with Gasteiger partial charge in [0, 0.05) is 18.2 Å². The van der Waals surface area contributed by atoms with Crippen molar-refractivity contribution in [2.24, 2.45) is 11.7 Å². The van der Waals surface area contributed by atoms with E-state index >= 15 is 0 Å². The predicted molar refractivity (Wildman–Crippen MR) is 79.8 cm³/mol. The minimum atomic E-state index is 0.313. The molecular formula is C14H21BrN2O2. The van der Waals surface area contributed by atoms with Crippen molar-refractivity contribution in [1.29, 1.82) is 0 Å². The van der Waals surface area contributed by atoms with Crippen LogP contribution >= 0.6 is 15.9 Å². The molecule has 0 amide bonds. The van der Waals surface area contributed by atoms with Crippen LogP contribution in [0.15, 0.2) is 16.6 Å². The Bertz CT molecular complexity index is 453. The van der Waals surface area contributed by atoms with Gasteiger partial charge in [-0.15, -0.1) is 0 Å². The van der Waals surface area contributed by atoms with Gasteiger partial charge in [-0.3, -0.25) is 4.90 Å². The number of hydrogen-bond acceptors (Lipinski definition) is 4. The van der Waals surface area contributed by atoms with Crippen molar-refractivity contribution >= 4 is 15.9 Å². The van der Waals surface area contributed by atoms with Gasteiger partial charge in [-0.2, -0.15) is 0 Å². The summed E-state index contributed by atoms with van der Waals surface area (Å²) in [5, 5.41) is 0. The second-order valence-electron chi connectivity index (χ2n) is 4.99. The normalized spacial score (nSPS) is 23.6. The van der Waals surface area contributed by atoms with Gasteiger partial charge >= 0.3 is 0 Å². The molecule has 1 heterocycles. The average molecular weight is 329 g/mol. The topological polar surface area (TPSA) is 47.7 Å². The van der Waals surface area contributed by atoms with Crippen LogP contribution in [0.5, 0.6) is 11.5 Å². The molecule has 5 heteroatoms. The molecule has 1 aromatic rings. The van der Waals surface area contributed by atoms with E-state index in [1.165, 1.54) is 0 Å². The molecule has 19 heavy (non-hydrogen) atoms. The fourth-order valence-electron chi connectivity index (χ4n) is 2.82. The van der Waals surface area contributed by atoms with Gasteiger partial charge in [0.15, 0.2) is 0 Å². The number of ether oxygens (including phenoxy) is 2. The van der Waals surface area contributed by atoms with Crippen molar-refractivity contribution in [3.8, 4) is 11.5 Å². The molecule has 2 N–H and O–H groups in total. The largest absolute Gasteiger partial charge is 0.496 e. The molecule has 1 aromatic carbocycles. The molecule has 1 aliphatic heterocycles. The molecular weight excluding hydrogens is 308 g/mol. The molecule has 0 bridgehead atoms. The summed E-state index contributed by atoms with van der Waals surface area (Å²) in [6.45, 7) is 1.75. The summed E-state index contributed by atoms with van der Waals surface area (Å²) in [7, 11) is 5.51. The molecule has 1 saturated heterocycles. The third-order valence-corrected chi connectivity index (χ3v) is 4.66. The molecule has 1 aliphatic rings. The first-order chi connectivity index (χ1) is 9.12. The highest BCUT2D eigenvalue weighted by Crippen LogP contribution is 2.45. The predicted octanol–water partition coefficient (Wildman–Crippen LogP) is 2.42. The van der Waals surface area contributed by atoms with Crippen LogP contribution in [0.1, 0.15) is 18.0 Å². The summed E-state index contributed by atoms with van der Waals surface area (Å²) in [4.78, 5) is 2.33. The quantitative estimate of drug-likeness (QED) is 0.922. The molecule has 0 aliphatic carbocycles. The summed E-state index contributed by atoms with van der Waals surface area (Å²) >= 11 is 3.65. The van der Waals surface area contributed by atoms with E-state index in [2.05, 4.69) is 27.9 Å². The molecule has 1 fully saturated rings. The molecule has 2 unspecified atom stereocenters. The van der Waals surface area contributed by atoms with Crippen molar-refractivity contribution in [1.82, 2.24) is 4.90 Å². The number of hydrogen-bond donors (Lipinski definition) is 1. The zero-order chi connectivity index (χ0) is 14.0. The van der Waals surface area contributed by atoms with Gasteiger partial charge in [-0.25, -0.2) is 0 Å². The average Bonchev–Trinajstić information content (AvgIpc) is 2.79. The van der Waals surface area contributed by atoms with Gasteiger partial charge in [0.05, 0.1) is 18.7 Å². The Morgan fingerprint density at radius 1 is 1.32 bits per heavy atom. The number of halogens is 1. The van der Waals surface area contributed by atoms with Gasteiger partial charge in [0.1, 0.15) is 11.5 Å². The van der Waals surface area contributed by atoms with E-state index in [0.717, 1.165) is 41.0 Å². The Hall–Kier alpha value is -0.780. The Morgan fingerprint density at radius 2 is 1.95 bits per heavy atom. The first-order valence-electron chi connectivity index (χ1n) is 6.43. The van der Waals surface area contributed by atoms with Crippen LogP contribution in [0.4, 0.5) is 0 Å². The molecule has 4 nitrogen and oxygen atoms in total. The highest BCUT2D eigenvalue weighted by Gasteiger charge is 2.33. The standard InChI is InChI=1S/C14H21BrN2O2/c1-17-8-9(7-16)6-10(17)13-11(18-2)4-5-12(19-3)14(13)15/h4-5,9-10H,6-8,16H2,1-3H3. The fourth-order valence-corrected chi connectivity index (χ4v) is 3.57. The minimum absolute atomic E-state index is 0.313. The van der Waals surface area contributed by atoms with E-state index in [-0.39, 0.29) is 0 Å². The SMILES string of the molecule is COc1ccc(OC)c(C2CC(CN)CN2C)c1Br. The second-order valence-corrected chi connectivity index (χ2v) is 5.78. The van der Waals surface area contributed by atoms with E-state index in [1.54, 1.807) is 14.2 Å². The van der Waals surface area contributed by atoms with Gasteiger partial charge in [-0.1, -0.05) is 0 Å². The van der Waals surface area contributed by atoms with E-state index in [0.29, 0.717) is 12.0 Å². The van der Waals surface area contributed by atoms with Crippen molar-refractivity contribution in [2.75, 3.05) is 34.4 Å². The Kier molecular flexibility index (Phi) is 4.71. The molecule has 0 aromatic heterocycles. The summed E-state index contributed by atoms with van der Waals surface area (Å²) in [6.07, 6.45) is 1.05. The number of benzene rings is 1. The highest BCUT2D eigenvalue weighted by atomic mass is 79.9. The smallest absolute Gasteiger partial charge is 0.133 e. The molecule has 0 radical (unpaired) electrons. The number of rotatable bonds is 4. The van der Waals surface area contributed by atoms with Crippen LogP contribution in [0, 0.1) is 5.92 Å². The van der Waals surface area contributed by atoms with Crippen LogP contribution < -0.4 is 15.2 Å². The third kappa shape index (κ3) is 2.73. The lowest BCUT2D eigenvalue weighted by Gasteiger charge is -2.24. The van der Waals surface area contributed by atoms with Crippen LogP contribution in [-0.2, 0) is 0 Å². The van der Waals surface area contributed by atoms with Crippen LogP contribution in [0.3, 0.4) is 0 Å².